The van der Waals surface area contributed by atoms with Gasteiger partial charge in [-0.15, -0.1) is 47.0 Å². The summed E-state index contributed by atoms with van der Waals surface area (Å²) in [4.78, 5) is 0. The maximum absolute atomic E-state index is 2.26. The molecule has 3 rings (SSSR count). The van der Waals surface area contributed by atoms with Gasteiger partial charge in [-0.1, -0.05) is 0 Å². The van der Waals surface area contributed by atoms with Gasteiger partial charge in [-0.05, 0) is 31.6 Å². The molecule has 0 aromatic heterocycles. The predicted molar refractivity (Wildman–Crippen MR) is 78.3 cm³/mol. The maximum Gasteiger partial charge on any atom is 0.0614 e. The highest BCUT2D eigenvalue weighted by Crippen LogP contribution is 2.57. The van der Waals surface area contributed by atoms with E-state index in [9.17, 15) is 0 Å². The molecule has 1 spiro atoms. The normalized spacial score (nSPS) is 35.6. The molecule has 2 aliphatic heterocycles. The largest absolute Gasteiger partial charge is 0.147 e. The van der Waals surface area contributed by atoms with Crippen molar-refractivity contribution in [1.82, 2.24) is 0 Å². The summed E-state index contributed by atoms with van der Waals surface area (Å²) in [5, 5.41) is 0. The summed E-state index contributed by atoms with van der Waals surface area (Å²) < 4.78 is 1.63. The van der Waals surface area contributed by atoms with Gasteiger partial charge in [-0.3, -0.25) is 0 Å². The van der Waals surface area contributed by atoms with Crippen LogP contribution in [-0.4, -0.2) is 31.7 Å². The number of hydrogen-bond donors (Lipinski definition) is 0. The standard InChI is InChI=1S/C11H18S4/c1-2-11(14-5-6-15-11)8-9(1)7-10-12-3-4-13-10/h9-10H,1-8H2/t9-/m0/s1. The highest BCUT2D eigenvalue weighted by Gasteiger charge is 2.43. The molecule has 0 amide bonds. The fraction of sp³-hybridized carbons (Fsp3) is 1.00. The molecule has 1 atom stereocenters. The van der Waals surface area contributed by atoms with E-state index in [1.165, 1.54) is 48.7 Å². The van der Waals surface area contributed by atoms with Crippen molar-refractivity contribution in [3.63, 3.8) is 0 Å². The first-order valence-corrected chi connectivity index (χ1v) is 9.94. The highest BCUT2D eigenvalue weighted by molar-refractivity contribution is 8.21. The van der Waals surface area contributed by atoms with Crippen molar-refractivity contribution in [2.24, 2.45) is 5.92 Å². The summed E-state index contributed by atoms with van der Waals surface area (Å²) in [7, 11) is 0. The highest BCUT2D eigenvalue weighted by atomic mass is 32.2. The molecule has 2 saturated heterocycles. The molecule has 1 aliphatic carbocycles. The van der Waals surface area contributed by atoms with Gasteiger partial charge in [0.25, 0.3) is 0 Å². The SMILES string of the molecule is C1CSC(C[C@@H]2CCC3(C2)SCCS3)S1. The summed E-state index contributed by atoms with van der Waals surface area (Å²) in [5.74, 6) is 6.66. The Morgan fingerprint density at radius 3 is 2.47 bits per heavy atom. The Morgan fingerprint density at radius 1 is 1.00 bits per heavy atom. The van der Waals surface area contributed by atoms with E-state index in [2.05, 4.69) is 47.0 Å². The zero-order valence-corrected chi connectivity index (χ0v) is 12.2. The van der Waals surface area contributed by atoms with E-state index in [0.29, 0.717) is 4.08 Å². The third-order valence-electron chi connectivity index (χ3n) is 3.56. The molecule has 2 heterocycles. The van der Waals surface area contributed by atoms with Gasteiger partial charge in [0.2, 0.25) is 0 Å². The van der Waals surface area contributed by atoms with E-state index in [4.69, 9.17) is 0 Å². The van der Waals surface area contributed by atoms with E-state index in [1.54, 1.807) is 0 Å². The average Bonchev–Trinajstić information content (AvgIpc) is 2.92. The number of thioether (sulfide) groups is 4. The molecule has 3 fully saturated rings. The Bertz CT molecular complexity index is 219. The van der Waals surface area contributed by atoms with Crippen molar-refractivity contribution in [2.75, 3.05) is 23.0 Å². The second-order valence-corrected chi connectivity index (χ2v) is 10.8. The average molecular weight is 279 g/mol. The van der Waals surface area contributed by atoms with Gasteiger partial charge in [0.1, 0.15) is 0 Å². The monoisotopic (exact) mass is 278 g/mol. The lowest BCUT2D eigenvalue weighted by atomic mass is 10.1. The van der Waals surface area contributed by atoms with Crippen LogP contribution in [0.3, 0.4) is 0 Å². The van der Waals surface area contributed by atoms with Crippen molar-refractivity contribution in [2.45, 2.75) is 34.3 Å². The minimum Gasteiger partial charge on any atom is -0.147 e. The molecule has 15 heavy (non-hydrogen) atoms. The Kier molecular flexibility index (Phi) is 3.79. The van der Waals surface area contributed by atoms with Gasteiger partial charge in [0, 0.05) is 23.0 Å². The molecule has 4 heteroatoms. The summed E-state index contributed by atoms with van der Waals surface area (Å²) in [6.07, 6.45) is 6.02. The Morgan fingerprint density at radius 2 is 1.73 bits per heavy atom. The van der Waals surface area contributed by atoms with Crippen molar-refractivity contribution in [3.05, 3.63) is 0 Å². The van der Waals surface area contributed by atoms with E-state index in [-0.39, 0.29) is 0 Å². The van der Waals surface area contributed by atoms with Crippen molar-refractivity contribution in [1.29, 1.82) is 0 Å². The summed E-state index contributed by atoms with van der Waals surface area (Å²) >= 11 is 8.95. The Hall–Kier alpha value is 1.40. The molecular weight excluding hydrogens is 260 g/mol. The number of rotatable bonds is 2. The lowest BCUT2D eigenvalue weighted by Gasteiger charge is -2.21. The van der Waals surface area contributed by atoms with Crippen LogP contribution in [0.5, 0.6) is 0 Å². The molecule has 0 nitrogen and oxygen atoms in total. The second kappa shape index (κ2) is 4.95. The second-order valence-electron chi connectivity index (χ2n) is 4.62. The van der Waals surface area contributed by atoms with Crippen LogP contribution in [0.4, 0.5) is 0 Å². The quantitative estimate of drug-likeness (QED) is 0.743. The smallest absolute Gasteiger partial charge is 0.0614 e. The topological polar surface area (TPSA) is 0 Å². The van der Waals surface area contributed by atoms with Crippen molar-refractivity contribution < 1.29 is 0 Å². The van der Waals surface area contributed by atoms with Crippen LogP contribution < -0.4 is 0 Å². The zero-order chi connectivity index (χ0) is 10.1. The molecule has 0 unspecified atom stereocenters. The first-order chi connectivity index (χ1) is 7.36. The van der Waals surface area contributed by atoms with Gasteiger partial charge in [-0.25, -0.2) is 0 Å². The first-order valence-electron chi connectivity index (χ1n) is 5.87. The summed E-state index contributed by atoms with van der Waals surface area (Å²) in [5.41, 5.74) is 0. The van der Waals surface area contributed by atoms with Gasteiger partial charge >= 0.3 is 0 Å². The van der Waals surface area contributed by atoms with Crippen molar-refractivity contribution >= 4 is 47.0 Å². The van der Waals surface area contributed by atoms with Crippen LogP contribution in [0, 0.1) is 5.92 Å². The molecule has 0 aromatic rings. The van der Waals surface area contributed by atoms with E-state index >= 15 is 0 Å². The van der Waals surface area contributed by atoms with Crippen LogP contribution in [0.1, 0.15) is 25.7 Å². The molecule has 3 aliphatic rings. The van der Waals surface area contributed by atoms with E-state index < -0.39 is 0 Å². The van der Waals surface area contributed by atoms with Crippen LogP contribution in [0.15, 0.2) is 0 Å². The molecule has 0 N–H and O–H groups in total. The van der Waals surface area contributed by atoms with Crippen LogP contribution >= 0.6 is 47.0 Å². The molecule has 1 saturated carbocycles. The minimum absolute atomic E-state index is 0.679. The minimum atomic E-state index is 0.679. The third kappa shape index (κ3) is 2.63. The predicted octanol–water partition coefficient (Wildman–Crippen LogP) is 4.16. The zero-order valence-electron chi connectivity index (χ0n) is 8.94. The fourth-order valence-corrected chi connectivity index (χ4v) is 9.39. The molecular formula is C11H18S4. The Labute approximate surface area is 110 Å². The number of hydrogen-bond acceptors (Lipinski definition) is 4. The molecule has 0 aromatic carbocycles. The maximum atomic E-state index is 2.26. The van der Waals surface area contributed by atoms with Crippen LogP contribution in [-0.2, 0) is 0 Å². The molecule has 0 radical (unpaired) electrons. The Balaban J connectivity index is 1.52. The van der Waals surface area contributed by atoms with Crippen molar-refractivity contribution in [3.8, 4) is 0 Å². The third-order valence-corrected chi connectivity index (χ3v) is 10.2. The summed E-state index contributed by atoms with van der Waals surface area (Å²) in [6.45, 7) is 0. The van der Waals surface area contributed by atoms with Gasteiger partial charge < -0.3 is 0 Å². The lowest BCUT2D eigenvalue weighted by Crippen LogP contribution is -2.12. The van der Waals surface area contributed by atoms with Crippen LogP contribution in [0.2, 0.25) is 0 Å². The fourth-order valence-electron chi connectivity index (χ4n) is 2.84. The van der Waals surface area contributed by atoms with Gasteiger partial charge in [-0.2, -0.15) is 0 Å². The van der Waals surface area contributed by atoms with Gasteiger partial charge in [0.15, 0.2) is 0 Å². The van der Waals surface area contributed by atoms with Crippen LogP contribution in [0.25, 0.3) is 0 Å². The van der Waals surface area contributed by atoms with E-state index in [1.807, 2.05) is 0 Å². The first kappa shape index (κ1) is 11.5. The molecule has 86 valence electrons. The molecule has 0 bridgehead atoms. The lowest BCUT2D eigenvalue weighted by molar-refractivity contribution is 0.526. The van der Waals surface area contributed by atoms with E-state index in [0.717, 1.165) is 10.5 Å². The van der Waals surface area contributed by atoms with Gasteiger partial charge in [0.05, 0.1) is 8.66 Å². The summed E-state index contributed by atoms with van der Waals surface area (Å²) in [6, 6.07) is 0.